The van der Waals surface area contributed by atoms with Crippen molar-refractivity contribution in [2.24, 2.45) is 5.73 Å². The molecule has 18 heavy (non-hydrogen) atoms. The molecule has 1 aromatic carbocycles. The first kappa shape index (κ1) is 13.1. The standard InChI is InChI=1S/C13H11BrF2N2/c14-10-5-9(6-18-7-10)13(17)4-8-1-2-11(15)12(16)3-8/h1-3,5-7,13H,4,17H2. The summed E-state index contributed by atoms with van der Waals surface area (Å²) in [5, 5.41) is 0. The van der Waals surface area contributed by atoms with Crippen LogP contribution in [0.15, 0.2) is 41.1 Å². The zero-order chi connectivity index (χ0) is 13.1. The number of hydrogen-bond acceptors (Lipinski definition) is 2. The van der Waals surface area contributed by atoms with E-state index in [9.17, 15) is 8.78 Å². The number of rotatable bonds is 3. The molecule has 94 valence electrons. The average Bonchev–Trinajstić information content (AvgIpc) is 2.34. The number of hydrogen-bond donors (Lipinski definition) is 1. The van der Waals surface area contributed by atoms with E-state index in [4.69, 9.17) is 5.73 Å². The molecule has 1 unspecified atom stereocenters. The molecule has 0 amide bonds. The summed E-state index contributed by atoms with van der Waals surface area (Å²) in [4.78, 5) is 4.02. The number of nitrogens with two attached hydrogens (primary N) is 1. The molecule has 0 radical (unpaired) electrons. The highest BCUT2D eigenvalue weighted by atomic mass is 79.9. The maximum atomic E-state index is 13.1. The van der Waals surface area contributed by atoms with Gasteiger partial charge in [0.15, 0.2) is 11.6 Å². The fourth-order valence-corrected chi connectivity index (χ4v) is 2.05. The van der Waals surface area contributed by atoms with E-state index in [0.29, 0.717) is 12.0 Å². The molecule has 1 atom stereocenters. The second-order valence-corrected chi connectivity index (χ2v) is 4.91. The summed E-state index contributed by atoms with van der Waals surface area (Å²) in [6.45, 7) is 0. The molecule has 0 saturated heterocycles. The Bertz CT molecular complexity index is 560. The Morgan fingerprint density at radius 3 is 2.61 bits per heavy atom. The van der Waals surface area contributed by atoms with Crippen molar-refractivity contribution in [1.29, 1.82) is 0 Å². The third-order valence-electron chi connectivity index (χ3n) is 2.59. The Hall–Kier alpha value is -1.33. The van der Waals surface area contributed by atoms with Crippen molar-refractivity contribution in [2.75, 3.05) is 0 Å². The van der Waals surface area contributed by atoms with Crippen LogP contribution in [0.1, 0.15) is 17.2 Å². The van der Waals surface area contributed by atoms with E-state index in [1.54, 1.807) is 12.4 Å². The fraction of sp³-hybridized carbons (Fsp3) is 0.154. The van der Waals surface area contributed by atoms with Gasteiger partial charge in [0.1, 0.15) is 0 Å². The van der Waals surface area contributed by atoms with E-state index in [2.05, 4.69) is 20.9 Å². The van der Waals surface area contributed by atoms with E-state index in [-0.39, 0.29) is 6.04 Å². The minimum absolute atomic E-state index is 0.306. The summed E-state index contributed by atoms with van der Waals surface area (Å²) in [5.41, 5.74) is 7.50. The summed E-state index contributed by atoms with van der Waals surface area (Å²) in [6.07, 6.45) is 3.75. The van der Waals surface area contributed by atoms with E-state index >= 15 is 0 Å². The Kier molecular flexibility index (Phi) is 4.04. The zero-order valence-electron chi connectivity index (χ0n) is 9.41. The number of nitrogens with zero attached hydrogens (tertiary/aromatic N) is 1. The van der Waals surface area contributed by atoms with Gasteiger partial charge in [-0.25, -0.2) is 8.78 Å². The molecule has 0 spiro atoms. The molecule has 0 aliphatic carbocycles. The molecule has 1 aromatic heterocycles. The lowest BCUT2D eigenvalue weighted by Gasteiger charge is -2.12. The second kappa shape index (κ2) is 5.54. The van der Waals surface area contributed by atoms with Gasteiger partial charge in [-0.05, 0) is 51.7 Å². The van der Waals surface area contributed by atoms with Crippen LogP contribution in [0.2, 0.25) is 0 Å². The highest BCUT2D eigenvalue weighted by Crippen LogP contribution is 2.19. The monoisotopic (exact) mass is 312 g/mol. The molecule has 5 heteroatoms. The lowest BCUT2D eigenvalue weighted by atomic mass is 10.0. The first-order chi connectivity index (χ1) is 8.56. The third kappa shape index (κ3) is 3.11. The van der Waals surface area contributed by atoms with Crippen LogP contribution in [-0.2, 0) is 6.42 Å². The molecule has 0 aliphatic heterocycles. The smallest absolute Gasteiger partial charge is 0.159 e. The van der Waals surface area contributed by atoms with Crippen LogP contribution in [0, 0.1) is 11.6 Å². The molecule has 2 aromatic rings. The lowest BCUT2D eigenvalue weighted by Crippen LogP contribution is -2.13. The predicted molar refractivity (Wildman–Crippen MR) is 68.9 cm³/mol. The van der Waals surface area contributed by atoms with Crippen LogP contribution in [0.4, 0.5) is 8.78 Å². The summed E-state index contributed by atoms with van der Waals surface area (Å²) < 4.78 is 26.7. The minimum atomic E-state index is -0.855. The van der Waals surface area contributed by atoms with Gasteiger partial charge in [-0.15, -0.1) is 0 Å². The molecule has 0 bridgehead atoms. The van der Waals surface area contributed by atoms with E-state index < -0.39 is 11.6 Å². The Balaban J connectivity index is 2.16. The van der Waals surface area contributed by atoms with Gasteiger partial charge in [-0.2, -0.15) is 0 Å². The summed E-state index contributed by atoms with van der Waals surface area (Å²) in [7, 11) is 0. The molecule has 0 fully saturated rings. The topological polar surface area (TPSA) is 38.9 Å². The molecule has 0 saturated carbocycles. The summed E-state index contributed by atoms with van der Waals surface area (Å²) in [5.74, 6) is -1.71. The average molecular weight is 313 g/mol. The Morgan fingerprint density at radius 1 is 1.17 bits per heavy atom. The first-order valence-corrected chi connectivity index (χ1v) is 6.15. The van der Waals surface area contributed by atoms with Crippen LogP contribution >= 0.6 is 15.9 Å². The number of pyridine rings is 1. The zero-order valence-corrected chi connectivity index (χ0v) is 11.0. The highest BCUT2D eigenvalue weighted by Gasteiger charge is 2.10. The van der Waals surface area contributed by atoms with Crippen molar-refractivity contribution in [3.63, 3.8) is 0 Å². The van der Waals surface area contributed by atoms with Crippen LogP contribution in [0.5, 0.6) is 0 Å². The van der Waals surface area contributed by atoms with Gasteiger partial charge in [0.25, 0.3) is 0 Å². The van der Waals surface area contributed by atoms with Crippen molar-refractivity contribution in [2.45, 2.75) is 12.5 Å². The highest BCUT2D eigenvalue weighted by molar-refractivity contribution is 9.10. The Labute approximate surface area is 112 Å². The second-order valence-electron chi connectivity index (χ2n) is 4.00. The normalized spacial score (nSPS) is 12.4. The molecule has 0 aliphatic rings. The van der Waals surface area contributed by atoms with Crippen LogP contribution in [0.3, 0.4) is 0 Å². The van der Waals surface area contributed by atoms with Gasteiger partial charge >= 0.3 is 0 Å². The van der Waals surface area contributed by atoms with Crippen molar-refractivity contribution in [3.05, 3.63) is 63.9 Å². The van der Waals surface area contributed by atoms with Gasteiger partial charge < -0.3 is 5.73 Å². The van der Waals surface area contributed by atoms with Crippen molar-refractivity contribution in [1.82, 2.24) is 4.98 Å². The molecule has 2 N–H and O–H groups in total. The van der Waals surface area contributed by atoms with Crippen LogP contribution in [-0.4, -0.2) is 4.98 Å². The molecule has 1 heterocycles. The predicted octanol–water partition coefficient (Wildman–Crippen LogP) is 3.36. The number of benzene rings is 1. The van der Waals surface area contributed by atoms with Crippen molar-refractivity contribution >= 4 is 15.9 Å². The van der Waals surface area contributed by atoms with Crippen molar-refractivity contribution < 1.29 is 8.78 Å². The molecular formula is C13H11BrF2N2. The van der Waals surface area contributed by atoms with Crippen LogP contribution in [0.25, 0.3) is 0 Å². The van der Waals surface area contributed by atoms with Gasteiger partial charge in [-0.1, -0.05) is 6.07 Å². The van der Waals surface area contributed by atoms with Gasteiger partial charge in [-0.3, -0.25) is 4.98 Å². The molecular weight excluding hydrogens is 302 g/mol. The van der Waals surface area contributed by atoms with Crippen LogP contribution < -0.4 is 5.73 Å². The van der Waals surface area contributed by atoms with E-state index in [0.717, 1.165) is 16.1 Å². The maximum absolute atomic E-state index is 13.1. The number of aromatic nitrogens is 1. The van der Waals surface area contributed by atoms with E-state index in [1.165, 1.54) is 12.1 Å². The van der Waals surface area contributed by atoms with Gasteiger partial charge in [0, 0.05) is 22.9 Å². The fourth-order valence-electron chi connectivity index (χ4n) is 1.67. The van der Waals surface area contributed by atoms with E-state index in [1.807, 2.05) is 6.07 Å². The lowest BCUT2D eigenvalue weighted by molar-refractivity contribution is 0.506. The Morgan fingerprint density at radius 2 is 1.94 bits per heavy atom. The summed E-state index contributed by atoms with van der Waals surface area (Å²) >= 11 is 3.31. The number of halogens is 3. The summed E-state index contributed by atoms with van der Waals surface area (Å²) in [6, 6.07) is 5.36. The van der Waals surface area contributed by atoms with Crippen molar-refractivity contribution in [3.8, 4) is 0 Å². The van der Waals surface area contributed by atoms with Gasteiger partial charge in [0.05, 0.1) is 0 Å². The first-order valence-electron chi connectivity index (χ1n) is 5.36. The van der Waals surface area contributed by atoms with Gasteiger partial charge in [0.2, 0.25) is 0 Å². The quantitative estimate of drug-likeness (QED) is 0.943. The molecule has 2 nitrogen and oxygen atoms in total. The maximum Gasteiger partial charge on any atom is 0.159 e. The third-order valence-corrected chi connectivity index (χ3v) is 3.03. The SMILES string of the molecule is NC(Cc1ccc(F)c(F)c1)c1cncc(Br)c1. The minimum Gasteiger partial charge on any atom is -0.324 e. The largest absolute Gasteiger partial charge is 0.324 e. The molecule has 2 rings (SSSR count).